The van der Waals surface area contributed by atoms with E-state index in [4.69, 9.17) is 0 Å². The van der Waals surface area contributed by atoms with Gasteiger partial charge >= 0.3 is 6.18 Å². The number of carbonyl (C=O) groups is 1. The van der Waals surface area contributed by atoms with E-state index in [-0.39, 0.29) is 11.6 Å². The second-order valence-electron chi connectivity index (χ2n) is 6.94. The predicted octanol–water partition coefficient (Wildman–Crippen LogP) is 4.84. The molecule has 2 heterocycles. The highest BCUT2D eigenvalue weighted by atomic mass is 32.2. The maximum absolute atomic E-state index is 12.7. The fourth-order valence-electron chi connectivity index (χ4n) is 3.34. The summed E-state index contributed by atoms with van der Waals surface area (Å²) in [5.41, 5.74) is -0.460. The third kappa shape index (κ3) is 4.43. The average molecular weight is 410 g/mol. The van der Waals surface area contributed by atoms with Crippen molar-refractivity contribution in [2.24, 2.45) is 0 Å². The first kappa shape index (κ1) is 20.5. The van der Waals surface area contributed by atoms with E-state index in [1.807, 2.05) is 19.1 Å². The van der Waals surface area contributed by atoms with Gasteiger partial charge in [-0.2, -0.15) is 13.2 Å². The molecule has 2 unspecified atom stereocenters. The van der Waals surface area contributed by atoms with Gasteiger partial charge in [0.1, 0.15) is 11.3 Å². The number of fused-ring (bicyclic) bond motifs is 1. The van der Waals surface area contributed by atoms with Gasteiger partial charge in [-0.1, -0.05) is 25.5 Å². The predicted molar refractivity (Wildman–Crippen MR) is 103 cm³/mol. The van der Waals surface area contributed by atoms with Crippen LogP contribution in [-0.4, -0.2) is 16.1 Å². The van der Waals surface area contributed by atoms with E-state index in [0.717, 1.165) is 34.9 Å². The Morgan fingerprint density at radius 2 is 2.04 bits per heavy atom. The third-order valence-electron chi connectivity index (χ3n) is 4.71. The topological polar surface area (TPSA) is 62.0 Å². The highest BCUT2D eigenvalue weighted by Gasteiger charge is 2.33. The number of pyridine rings is 1. The van der Waals surface area contributed by atoms with E-state index in [0.29, 0.717) is 17.7 Å². The van der Waals surface area contributed by atoms with E-state index < -0.39 is 23.3 Å². The van der Waals surface area contributed by atoms with Crippen molar-refractivity contribution in [1.29, 1.82) is 0 Å². The summed E-state index contributed by atoms with van der Waals surface area (Å²) in [6.45, 7) is 4.10. The first-order chi connectivity index (χ1) is 13.2. The molecular weight excluding hydrogens is 389 g/mol. The SMILES string of the molecule is CCCC1CC(NC(=O)c2ccc(C(F)(F)F)[nH]c2=O)c2ccc(C)cc2S1. The molecule has 2 N–H and O–H groups in total. The molecule has 8 heteroatoms. The van der Waals surface area contributed by atoms with Crippen LogP contribution in [0.5, 0.6) is 0 Å². The van der Waals surface area contributed by atoms with Crippen molar-refractivity contribution < 1.29 is 18.0 Å². The number of carbonyl (C=O) groups excluding carboxylic acids is 1. The fraction of sp³-hybridized carbons (Fsp3) is 0.400. The monoisotopic (exact) mass is 410 g/mol. The van der Waals surface area contributed by atoms with Crippen LogP contribution >= 0.6 is 11.8 Å². The van der Waals surface area contributed by atoms with Gasteiger partial charge in [-0.3, -0.25) is 9.59 Å². The lowest BCUT2D eigenvalue weighted by Crippen LogP contribution is -2.36. The molecule has 28 heavy (non-hydrogen) atoms. The summed E-state index contributed by atoms with van der Waals surface area (Å²) in [5, 5.41) is 3.17. The first-order valence-corrected chi connectivity index (χ1v) is 9.95. The Bertz CT molecular complexity index is 940. The van der Waals surface area contributed by atoms with Crippen LogP contribution in [0.1, 0.15) is 59.4 Å². The molecule has 0 spiro atoms. The lowest BCUT2D eigenvalue weighted by Gasteiger charge is -2.32. The molecule has 0 saturated heterocycles. The van der Waals surface area contributed by atoms with Crippen molar-refractivity contribution in [3.8, 4) is 0 Å². The molecule has 1 aliphatic rings. The van der Waals surface area contributed by atoms with Gasteiger partial charge in [0.15, 0.2) is 0 Å². The molecule has 2 aromatic rings. The minimum absolute atomic E-state index is 0.289. The molecule has 1 amide bonds. The Balaban J connectivity index is 1.86. The quantitative estimate of drug-likeness (QED) is 0.758. The molecule has 150 valence electrons. The van der Waals surface area contributed by atoms with Gasteiger partial charge in [0.2, 0.25) is 0 Å². The zero-order chi connectivity index (χ0) is 20.5. The number of aromatic nitrogens is 1. The van der Waals surface area contributed by atoms with Gasteiger partial charge in [0, 0.05) is 10.1 Å². The normalized spacial score (nSPS) is 19.2. The molecule has 1 aromatic heterocycles. The minimum atomic E-state index is -4.67. The minimum Gasteiger partial charge on any atom is -0.345 e. The van der Waals surface area contributed by atoms with Crippen LogP contribution < -0.4 is 10.9 Å². The van der Waals surface area contributed by atoms with Crippen LogP contribution in [0.15, 0.2) is 40.0 Å². The summed E-state index contributed by atoms with van der Waals surface area (Å²) >= 11 is 1.79. The van der Waals surface area contributed by atoms with E-state index in [9.17, 15) is 22.8 Å². The maximum Gasteiger partial charge on any atom is 0.431 e. The van der Waals surface area contributed by atoms with E-state index in [1.54, 1.807) is 16.7 Å². The standard InChI is InChI=1S/C20H21F3N2O2S/c1-3-4-12-10-15(13-6-5-11(2)9-16(13)28-12)24-18(26)14-7-8-17(20(21,22)23)25-19(14)27/h5-9,12,15H,3-4,10H2,1-2H3,(H,24,26)(H,25,27). The van der Waals surface area contributed by atoms with Crippen molar-refractivity contribution in [3.05, 3.63) is 63.1 Å². The highest BCUT2D eigenvalue weighted by Crippen LogP contribution is 2.42. The van der Waals surface area contributed by atoms with E-state index in [2.05, 4.69) is 18.3 Å². The lowest BCUT2D eigenvalue weighted by atomic mass is 9.97. The number of hydrogen-bond acceptors (Lipinski definition) is 3. The molecule has 0 aliphatic carbocycles. The number of H-pyrrole nitrogens is 1. The summed E-state index contributed by atoms with van der Waals surface area (Å²) in [7, 11) is 0. The Morgan fingerprint density at radius 3 is 2.68 bits per heavy atom. The van der Waals surface area contributed by atoms with Crippen LogP contribution in [0.2, 0.25) is 0 Å². The summed E-state index contributed by atoms with van der Waals surface area (Å²) in [6.07, 6.45) is -1.96. The summed E-state index contributed by atoms with van der Waals surface area (Å²) in [6, 6.07) is 7.35. The van der Waals surface area contributed by atoms with Gasteiger partial charge in [-0.25, -0.2) is 0 Å². The zero-order valence-electron chi connectivity index (χ0n) is 15.5. The number of benzene rings is 1. The van der Waals surface area contributed by atoms with Gasteiger partial charge < -0.3 is 10.3 Å². The smallest absolute Gasteiger partial charge is 0.345 e. The molecular formula is C20H21F3N2O2S. The third-order valence-corrected chi connectivity index (χ3v) is 6.08. The van der Waals surface area contributed by atoms with Crippen LogP contribution in [0.25, 0.3) is 0 Å². The zero-order valence-corrected chi connectivity index (χ0v) is 16.3. The molecule has 0 saturated carbocycles. The molecule has 4 nitrogen and oxygen atoms in total. The van der Waals surface area contributed by atoms with Crippen molar-refractivity contribution in [1.82, 2.24) is 10.3 Å². The summed E-state index contributed by atoms with van der Waals surface area (Å²) < 4.78 is 38.1. The number of alkyl halides is 3. The average Bonchev–Trinajstić information content (AvgIpc) is 2.60. The summed E-state index contributed by atoms with van der Waals surface area (Å²) in [4.78, 5) is 27.5. The first-order valence-electron chi connectivity index (χ1n) is 9.07. The second kappa shape index (κ2) is 8.03. The lowest BCUT2D eigenvalue weighted by molar-refractivity contribution is -0.141. The molecule has 1 aromatic carbocycles. The number of amides is 1. The Morgan fingerprint density at radius 1 is 1.29 bits per heavy atom. The van der Waals surface area contributed by atoms with Crippen LogP contribution in [0.3, 0.4) is 0 Å². The number of aryl methyl sites for hydroxylation is 1. The number of aromatic amines is 1. The van der Waals surface area contributed by atoms with Crippen molar-refractivity contribution in [2.75, 3.05) is 0 Å². The molecule has 3 rings (SSSR count). The molecule has 0 fully saturated rings. The molecule has 0 radical (unpaired) electrons. The van der Waals surface area contributed by atoms with Gasteiger partial charge in [0.05, 0.1) is 6.04 Å². The molecule has 0 bridgehead atoms. The Kier molecular flexibility index (Phi) is 5.88. The fourth-order valence-corrected chi connectivity index (χ4v) is 4.94. The number of hydrogen-bond donors (Lipinski definition) is 2. The largest absolute Gasteiger partial charge is 0.431 e. The molecule has 2 atom stereocenters. The van der Waals surface area contributed by atoms with Crippen LogP contribution in [0, 0.1) is 6.92 Å². The van der Waals surface area contributed by atoms with Gasteiger partial charge in [0.25, 0.3) is 11.5 Å². The Hall–Kier alpha value is -2.22. The maximum atomic E-state index is 12.7. The van der Waals surface area contributed by atoms with E-state index in [1.165, 1.54) is 0 Å². The van der Waals surface area contributed by atoms with Gasteiger partial charge in [-0.05, 0) is 49.1 Å². The van der Waals surface area contributed by atoms with Crippen LogP contribution in [0.4, 0.5) is 13.2 Å². The van der Waals surface area contributed by atoms with Crippen LogP contribution in [-0.2, 0) is 6.18 Å². The number of nitrogens with one attached hydrogen (secondary N) is 2. The van der Waals surface area contributed by atoms with Gasteiger partial charge in [-0.15, -0.1) is 11.8 Å². The Labute approximate surface area is 164 Å². The summed E-state index contributed by atoms with van der Waals surface area (Å²) in [5.74, 6) is -0.673. The van der Waals surface area contributed by atoms with Crippen molar-refractivity contribution in [2.45, 2.75) is 55.5 Å². The number of thioether (sulfide) groups is 1. The second-order valence-corrected chi connectivity index (χ2v) is 8.29. The van der Waals surface area contributed by atoms with Crippen molar-refractivity contribution in [3.63, 3.8) is 0 Å². The van der Waals surface area contributed by atoms with Crippen molar-refractivity contribution >= 4 is 17.7 Å². The molecule has 1 aliphatic heterocycles. The highest BCUT2D eigenvalue weighted by molar-refractivity contribution is 8.00. The number of halogens is 3. The number of rotatable bonds is 4. The van der Waals surface area contributed by atoms with E-state index >= 15 is 0 Å².